The van der Waals surface area contributed by atoms with Crippen LogP contribution >= 0.6 is 11.5 Å². The van der Waals surface area contributed by atoms with E-state index in [0.29, 0.717) is 12.7 Å². The average Bonchev–Trinajstić information content (AvgIpc) is 2.75. The molecule has 0 aliphatic heterocycles. The molecule has 0 radical (unpaired) electrons. The summed E-state index contributed by atoms with van der Waals surface area (Å²) >= 11 is 1.38. The Hall–Kier alpha value is -0.680. The highest BCUT2D eigenvalue weighted by Crippen LogP contribution is 2.23. The normalized spacial score (nSPS) is 17.9. The Balaban J connectivity index is 1.81. The number of nitrogens with zero attached hydrogens (tertiary/aromatic N) is 2. The summed E-state index contributed by atoms with van der Waals surface area (Å²) < 4.78 is 9.74. The number of anilines is 1. The van der Waals surface area contributed by atoms with E-state index in [1.807, 2.05) is 7.05 Å². The van der Waals surface area contributed by atoms with Gasteiger partial charge in [0.05, 0.1) is 12.7 Å². The lowest BCUT2D eigenvalue weighted by Crippen LogP contribution is -2.16. The zero-order valence-electron chi connectivity index (χ0n) is 9.03. The molecule has 1 aromatic rings. The molecule has 1 heterocycles. The van der Waals surface area contributed by atoms with Crippen molar-refractivity contribution < 1.29 is 4.74 Å². The molecule has 2 rings (SSSR count). The summed E-state index contributed by atoms with van der Waals surface area (Å²) in [4.78, 5) is 0. The van der Waals surface area contributed by atoms with Crippen LogP contribution in [-0.4, -0.2) is 22.7 Å². The molecule has 0 unspecified atom stereocenters. The fourth-order valence-corrected chi connectivity index (χ4v) is 2.44. The molecule has 15 heavy (non-hydrogen) atoms. The lowest BCUT2D eigenvalue weighted by molar-refractivity contribution is 0.0155. The van der Waals surface area contributed by atoms with Gasteiger partial charge in [-0.1, -0.05) is 23.8 Å². The SMILES string of the molecule is CNc1snnc1COC1CCCCC1. The largest absolute Gasteiger partial charge is 0.377 e. The quantitative estimate of drug-likeness (QED) is 0.858. The van der Waals surface area contributed by atoms with Crippen molar-refractivity contribution in [3.8, 4) is 0 Å². The van der Waals surface area contributed by atoms with Crippen LogP contribution in [0.1, 0.15) is 37.8 Å². The molecule has 1 fully saturated rings. The van der Waals surface area contributed by atoms with Gasteiger partial charge in [-0.2, -0.15) is 0 Å². The second-order valence-electron chi connectivity index (χ2n) is 3.87. The van der Waals surface area contributed by atoms with Crippen LogP contribution in [0.4, 0.5) is 5.00 Å². The summed E-state index contributed by atoms with van der Waals surface area (Å²) in [5.41, 5.74) is 0.938. The Kier molecular flexibility index (Phi) is 3.91. The van der Waals surface area contributed by atoms with E-state index in [1.54, 1.807) is 0 Å². The van der Waals surface area contributed by atoms with E-state index in [9.17, 15) is 0 Å². The minimum absolute atomic E-state index is 0.435. The first-order chi connectivity index (χ1) is 7.40. The van der Waals surface area contributed by atoms with E-state index >= 15 is 0 Å². The molecule has 0 spiro atoms. The Morgan fingerprint density at radius 3 is 2.93 bits per heavy atom. The third-order valence-electron chi connectivity index (χ3n) is 2.79. The lowest BCUT2D eigenvalue weighted by atomic mass is 9.98. The second kappa shape index (κ2) is 5.42. The number of aromatic nitrogens is 2. The van der Waals surface area contributed by atoms with E-state index in [2.05, 4.69) is 14.9 Å². The molecule has 0 saturated heterocycles. The van der Waals surface area contributed by atoms with Gasteiger partial charge in [-0.25, -0.2) is 0 Å². The van der Waals surface area contributed by atoms with Crippen LogP contribution in [0.5, 0.6) is 0 Å². The number of nitrogens with one attached hydrogen (secondary N) is 1. The van der Waals surface area contributed by atoms with Gasteiger partial charge in [-0.15, -0.1) is 5.10 Å². The molecule has 4 nitrogen and oxygen atoms in total. The van der Waals surface area contributed by atoms with Crippen molar-refractivity contribution in [2.24, 2.45) is 0 Å². The fourth-order valence-electron chi connectivity index (χ4n) is 1.92. The molecular formula is C10H17N3OS. The monoisotopic (exact) mass is 227 g/mol. The Labute approximate surface area is 94.2 Å². The van der Waals surface area contributed by atoms with Crippen LogP contribution in [0.15, 0.2) is 0 Å². The first kappa shape index (κ1) is 10.8. The van der Waals surface area contributed by atoms with Gasteiger partial charge in [-0.3, -0.25) is 0 Å². The first-order valence-electron chi connectivity index (χ1n) is 5.50. The number of hydrogen-bond acceptors (Lipinski definition) is 5. The molecule has 0 bridgehead atoms. The van der Waals surface area contributed by atoms with Gasteiger partial charge in [-0.05, 0) is 12.8 Å². The predicted molar refractivity (Wildman–Crippen MR) is 61.1 cm³/mol. The minimum Gasteiger partial charge on any atom is -0.377 e. The van der Waals surface area contributed by atoms with Crippen molar-refractivity contribution in [1.29, 1.82) is 0 Å². The zero-order valence-corrected chi connectivity index (χ0v) is 9.85. The van der Waals surface area contributed by atoms with Gasteiger partial charge < -0.3 is 10.1 Å². The van der Waals surface area contributed by atoms with Gasteiger partial charge in [0.15, 0.2) is 0 Å². The van der Waals surface area contributed by atoms with Gasteiger partial charge >= 0.3 is 0 Å². The fraction of sp³-hybridized carbons (Fsp3) is 0.800. The first-order valence-corrected chi connectivity index (χ1v) is 6.28. The third-order valence-corrected chi connectivity index (χ3v) is 3.58. The predicted octanol–water partition coefficient (Wildman–Crippen LogP) is 2.43. The number of rotatable bonds is 4. The lowest BCUT2D eigenvalue weighted by Gasteiger charge is -2.21. The van der Waals surface area contributed by atoms with Crippen molar-refractivity contribution >= 4 is 16.5 Å². The maximum absolute atomic E-state index is 5.83. The summed E-state index contributed by atoms with van der Waals surface area (Å²) in [6.45, 7) is 0.595. The van der Waals surface area contributed by atoms with Crippen LogP contribution < -0.4 is 5.32 Å². The average molecular weight is 227 g/mol. The molecule has 0 amide bonds. The highest BCUT2D eigenvalue weighted by Gasteiger charge is 2.15. The van der Waals surface area contributed by atoms with E-state index in [-0.39, 0.29) is 0 Å². The zero-order chi connectivity index (χ0) is 10.5. The Bertz CT molecular complexity index is 297. The van der Waals surface area contributed by atoms with Crippen molar-refractivity contribution in [1.82, 2.24) is 9.59 Å². The van der Waals surface area contributed by atoms with Gasteiger partial charge in [0, 0.05) is 18.6 Å². The Morgan fingerprint density at radius 2 is 2.20 bits per heavy atom. The maximum atomic E-state index is 5.83. The summed E-state index contributed by atoms with van der Waals surface area (Å²) in [5, 5.41) is 8.15. The van der Waals surface area contributed by atoms with Crippen LogP contribution in [0.25, 0.3) is 0 Å². The molecule has 1 aliphatic carbocycles. The molecule has 5 heteroatoms. The van der Waals surface area contributed by atoms with Crippen molar-refractivity contribution in [2.45, 2.75) is 44.8 Å². The van der Waals surface area contributed by atoms with Crippen molar-refractivity contribution in [3.63, 3.8) is 0 Å². The van der Waals surface area contributed by atoms with Crippen LogP contribution in [0.3, 0.4) is 0 Å². The van der Waals surface area contributed by atoms with E-state index < -0.39 is 0 Å². The van der Waals surface area contributed by atoms with Crippen molar-refractivity contribution in [2.75, 3.05) is 12.4 Å². The summed E-state index contributed by atoms with van der Waals surface area (Å²) in [6.07, 6.45) is 6.81. The van der Waals surface area contributed by atoms with E-state index in [0.717, 1.165) is 10.7 Å². The standard InChI is InChI=1S/C10H17N3OS/c1-11-10-9(12-13-15-10)7-14-8-5-3-2-4-6-8/h8,11H,2-7H2,1H3. The maximum Gasteiger partial charge on any atom is 0.135 e. The molecule has 84 valence electrons. The van der Waals surface area contributed by atoms with Gasteiger partial charge in [0.2, 0.25) is 0 Å². The molecule has 1 saturated carbocycles. The van der Waals surface area contributed by atoms with E-state index in [1.165, 1.54) is 43.6 Å². The van der Waals surface area contributed by atoms with Crippen LogP contribution in [0.2, 0.25) is 0 Å². The van der Waals surface area contributed by atoms with E-state index in [4.69, 9.17) is 4.74 Å². The molecule has 0 aromatic carbocycles. The molecule has 0 atom stereocenters. The summed E-state index contributed by atoms with van der Waals surface area (Å²) in [7, 11) is 1.89. The van der Waals surface area contributed by atoms with Gasteiger partial charge in [0.1, 0.15) is 10.7 Å². The molecule has 1 aromatic heterocycles. The van der Waals surface area contributed by atoms with Gasteiger partial charge in [0.25, 0.3) is 0 Å². The highest BCUT2D eigenvalue weighted by atomic mass is 32.1. The second-order valence-corrected chi connectivity index (χ2v) is 4.62. The molecular weight excluding hydrogens is 210 g/mol. The minimum atomic E-state index is 0.435. The molecule has 1 aliphatic rings. The van der Waals surface area contributed by atoms with Crippen molar-refractivity contribution in [3.05, 3.63) is 5.69 Å². The number of ether oxygens (including phenoxy) is 1. The smallest absolute Gasteiger partial charge is 0.135 e. The third kappa shape index (κ3) is 2.89. The molecule has 1 N–H and O–H groups in total. The summed E-state index contributed by atoms with van der Waals surface area (Å²) in [5.74, 6) is 0. The highest BCUT2D eigenvalue weighted by molar-refractivity contribution is 7.10. The Morgan fingerprint density at radius 1 is 1.40 bits per heavy atom. The summed E-state index contributed by atoms with van der Waals surface area (Å²) in [6, 6.07) is 0. The van der Waals surface area contributed by atoms with Crippen LogP contribution in [-0.2, 0) is 11.3 Å². The van der Waals surface area contributed by atoms with Crippen LogP contribution in [0, 0.1) is 0 Å². The number of hydrogen-bond donors (Lipinski definition) is 1. The topological polar surface area (TPSA) is 47.0 Å².